The van der Waals surface area contributed by atoms with Crippen LogP contribution in [-0.4, -0.2) is 29.7 Å². The first-order valence-corrected chi connectivity index (χ1v) is 3.66. The van der Waals surface area contributed by atoms with Gasteiger partial charge in [-0.1, -0.05) is 12.4 Å². The topological polar surface area (TPSA) is 72.0 Å². The van der Waals surface area contributed by atoms with Crippen molar-refractivity contribution in [1.29, 1.82) is 0 Å². The van der Waals surface area contributed by atoms with E-state index >= 15 is 0 Å². The van der Waals surface area contributed by atoms with Crippen molar-refractivity contribution in [1.82, 2.24) is 15.3 Å². The van der Waals surface area contributed by atoms with Gasteiger partial charge in [-0.2, -0.15) is 0 Å². The molecule has 1 aromatic rings. The molecule has 0 saturated heterocycles. The molecule has 6 heteroatoms. The minimum Gasteiger partial charge on any atom is -0.545 e. The molecular formula is C9H12N3O2W-3. The third kappa shape index (κ3) is 19.4. The number of hydrogen-bond acceptors (Lipinski definition) is 4. The van der Waals surface area contributed by atoms with Crippen molar-refractivity contribution < 1.29 is 30.7 Å². The van der Waals surface area contributed by atoms with Crippen molar-refractivity contribution >= 4 is 12.7 Å². The predicted octanol–water partition coefficient (Wildman–Crippen LogP) is -0.0432. The van der Waals surface area contributed by atoms with Crippen molar-refractivity contribution in [2.75, 3.05) is 7.05 Å². The largest absolute Gasteiger partial charge is 0.545 e. The average Bonchev–Trinajstić information content (AvgIpc) is 2.33. The van der Waals surface area contributed by atoms with Gasteiger partial charge in [0, 0.05) is 28.1 Å². The van der Waals surface area contributed by atoms with Crippen LogP contribution in [0.3, 0.4) is 0 Å². The molecule has 0 aliphatic carbocycles. The molecule has 5 nitrogen and oxygen atoms in total. The van der Waals surface area contributed by atoms with Crippen LogP contribution in [-0.2, 0) is 30.7 Å². The SMILES string of the molecule is [CH-]=O.[CH2-]CC(=O)NC.[W].[c-]1ccncn1. The van der Waals surface area contributed by atoms with E-state index in [0.29, 0.717) is 6.42 Å². The monoisotopic (exact) mass is 378 g/mol. The maximum absolute atomic E-state index is 10.0. The number of aromatic nitrogens is 2. The molecule has 0 fully saturated rings. The molecule has 0 saturated carbocycles. The fraction of sp³-hybridized carbons (Fsp3) is 0.222. The van der Waals surface area contributed by atoms with Crippen LogP contribution in [0.25, 0.3) is 0 Å². The van der Waals surface area contributed by atoms with Gasteiger partial charge in [0.2, 0.25) is 0 Å². The summed E-state index contributed by atoms with van der Waals surface area (Å²) in [5.74, 6) is -0.0185. The van der Waals surface area contributed by atoms with Gasteiger partial charge in [-0.25, -0.2) is 0 Å². The summed E-state index contributed by atoms with van der Waals surface area (Å²) in [6.45, 7) is 6.59. The summed E-state index contributed by atoms with van der Waals surface area (Å²) in [5, 5.41) is 2.41. The van der Waals surface area contributed by atoms with Crippen molar-refractivity contribution in [2.45, 2.75) is 6.42 Å². The first-order chi connectivity index (χ1) is 6.81. The molecule has 84 valence electrons. The molecule has 0 spiro atoms. The van der Waals surface area contributed by atoms with E-state index in [0.717, 1.165) is 0 Å². The normalized spacial score (nSPS) is 6.53. The molecule has 0 radical (unpaired) electrons. The quantitative estimate of drug-likeness (QED) is 0.550. The van der Waals surface area contributed by atoms with Crippen LogP contribution in [0.15, 0.2) is 18.6 Å². The number of hydrogen-bond donors (Lipinski definition) is 1. The van der Waals surface area contributed by atoms with Crippen LogP contribution in [0, 0.1) is 13.1 Å². The Morgan fingerprint density at radius 1 is 1.60 bits per heavy atom. The Hall–Kier alpha value is -1.09. The summed E-state index contributed by atoms with van der Waals surface area (Å²) in [7, 11) is 1.59. The molecular weight excluding hydrogens is 366 g/mol. The zero-order valence-corrected chi connectivity index (χ0v) is 11.3. The predicted molar refractivity (Wildman–Crippen MR) is 51.7 cm³/mol. The van der Waals surface area contributed by atoms with Crippen LogP contribution in [0.2, 0.25) is 0 Å². The fourth-order valence-electron chi connectivity index (χ4n) is 0.350. The number of amides is 1. The number of carbonyl (C=O) groups is 1. The summed E-state index contributed by atoms with van der Waals surface area (Å²) in [6.07, 6.45) is 5.99. The summed E-state index contributed by atoms with van der Waals surface area (Å²) in [6, 6.07) is 1.65. The molecule has 1 rings (SSSR count). The molecule has 0 aromatic carbocycles. The van der Waals surface area contributed by atoms with E-state index in [1.54, 1.807) is 19.3 Å². The second-order valence-corrected chi connectivity index (χ2v) is 1.76. The van der Waals surface area contributed by atoms with Gasteiger partial charge in [0.15, 0.2) is 5.91 Å². The van der Waals surface area contributed by atoms with E-state index in [2.05, 4.69) is 35.2 Å². The zero-order chi connectivity index (χ0) is 11.2. The Balaban J connectivity index is -0.000000156. The number of carbonyl (C=O) groups excluding carboxylic acids is 2. The van der Waals surface area contributed by atoms with Crippen molar-refractivity contribution in [2.24, 2.45) is 0 Å². The van der Waals surface area contributed by atoms with E-state index in [-0.39, 0.29) is 27.0 Å². The molecule has 0 aliphatic heterocycles. The number of nitrogens with zero attached hydrogens (tertiary/aromatic N) is 2. The van der Waals surface area contributed by atoms with Gasteiger partial charge in [-0.05, 0) is 6.33 Å². The van der Waals surface area contributed by atoms with Gasteiger partial charge in [-0.15, -0.1) is 12.5 Å². The van der Waals surface area contributed by atoms with E-state index in [1.807, 2.05) is 0 Å². The van der Waals surface area contributed by atoms with Gasteiger partial charge in [0.05, 0.1) is 0 Å². The Kier molecular flexibility index (Phi) is 24.2. The van der Waals surface area contributed by atoms with E-state index in [9.17, 15) is 4.79 Å². The van der Waals surface area contributed by atoms with Crippen LogP contribution >= 0.6 is 0 Å². The number of nitrogens with one attached hydrogen (secondary N) is 1. The molecule has 1 amide bonds. The number of rotatable bonds is 1. The van der Waals surface area contributed by atoms with Crippen LogP contribution in [0.4, 0.5) is 0 Å². The molecule has 1 heterocycles. The van der Waals surface area contributed by atoms with Crippen LogP contribution in [0.5, 0.6) is 0 Å². The van der Waals surface area contributed by atoms with E-state index in [4.69, 9.17) is 4.79 Å². The third-order valence-electron chi connectivity index (χ3n) is 0.940. The Bertz CT molecular complexity index is 189. The van der Waals surface area contributed by atoms with Crippen LogP contribution < -0.4 is 5.32 Å². The second-order valence-electron chi connectivity index (χ2n) is 1.76. The second kappa shape index (κ2) is 18.6. The summed E-state index contributed by atoms with van der Waals surface area (Å²) >= 11 is 0. The summed E-state index contributed by atoms with van der Waals surface area (Å²) in [5.41, 5.74) is 0. The Labute approximate surface area is 104 Å². The molecule has 0 bridgehead atoms. The van der Waals surface area contributed by atoms with E-state index in [1.165, 1.54) is 6.33 Å². The standard InChI is InChI=1S/C4H3N2.C4H8NO.CHO.W/c1-2-5-4-6-3-1;1-3-4(6)5-2;1-2;/h1-2,4H;1,3H2,2H3,(H,5,6);1H;/q3*-1;. The zero-order valence-electron chi connectivity index (χ0n) is 8.34. The smallest absolute Gasteiger partial charge is 0.189 e. The maximum atomic E-state index is 10.0. The van der Waals surface area contributed by atoms with Crippen molar-refractivity contribution in [3.05, 3.63) is 31.7 Å². The van der Waals surface area contributed by atoms with Gasteiger partial charge < -0.3 is 27.0 Å². The molecule has 0 atom stereocenters. The molecule has 1 N–H and O–H groups in total. The van der Waals surface area contributed by atoms with Gasteiger partial charge in [0.25, 0.3) is 0 Å². The molecule has 15 heavy (non-hydrogen) atoms. The molecule has 0 aliphatic rings. The van der Waals surface area contributed by atoms with Crippen molar-refractivity contribution in [3.63, 3.8) is 0 Å². The minimum atomic E-state index is -0.0185. The fourth-order valence-corrected chi connectivity index (χ4v) is 0.350. The summed E-state index contributed by atoms with van der Waals surface area (Å²) in [4.78, 5) is 24.9. The first kappa shape index (κ1) is 19.5. The minimum absolute atomic E-state index is 0. The average molecular weight is 378 g/mol. The first-order valence-electron chi connectivity index (χ1n) is 3.66. The van der Waals surface area contributed by atoms with Gasteiger partial charge in [-0.3, -0.25) is 11.6 Å². The van der Waals surface area contributed by atoms with Crippen molar-refractivity contribution in [3.8, 4) is 0 Å². The Morgan fingerprint density at radius 3 is 2.27 bits per heavy atom. The molecule has 1 aromatic heterocycles. The third-order valence-corrected chi connectivity index (χ3v) is 0.940. The Morgan fingerprint density at radius 2 is 2.20 bits per heavy atom. The van der Waals surface area contributed by atoms with E-state index < -0.39 is 0 Å². The van der Waals surface area contributed by atoms with Gasteiger partial charge >= 0.3 is 0 Å². The summed E-state index contributed by atoms with van der Waals surface area (Å²) < 4.78 is 0. The molecule has 0 unspecified atom stereocenters. The van der Waals surface area contributed by atoms with Crippen LogP contribution in [0.1, 0.15) is 6.42 Å². The maximum Gasteiger partial charge on any atom is 0.189 e. The van der Waals surface area contributed by atoms with Gasteiger partial charge in [0.1, 0.15) is 0 Å².